The molecule has 5 nitrogen and oxygen atoms in total. The Bertz CT molecular complexity index is 977. The van der Waals surface area contributed by atoms with Gasteiger partial charge in [-0.2, -0.15) is 0 Å². The summed E-state index contributed by atoms with van der Waals surface area (Å²) < 4.78 is 14.3. The van der Waals surface area contributed by atoms with Crippen LogP contribution in [0.4, 0.5) is 0 Å². The normalized spacial score (nSPS) is 25.9. The van der Waals surface area contributed by atoms with Crippen molar-refractivity contribution in [1.29, 1.82) is 0 Å². The third-order valence-corrected chi connectivity index (χ3v) is 6.72. The molecule has 2 aromatic rings. The van der Waals surface area contributed by atoms with Crippen LogP contribution in [-0.4, -0.2) is 29.3 Å². The largest absolute Gasteiger partial charge is 0.684 e. The van der Waals surface area contributed by atoms with E-state index < -0.39 is 18.5 Å². The molecule has 29 heavy (non-hydrogen) atoms. The average Bonchev–Trinajstić information content (AvgIpc) is 3.01. The molecule has 2 aromatic carbocycles. The monoisotopic (exact) mass is 389 g/mol. The molecule has 1 saturated heterocycles. The maximum Gasteiger partial charge on any atom is 0.684 e. The number of rotatable bonds is 2. The summed E-state index contributed by atoms with van der Waals surface area (Å²) >= 11 is 0. The van der Waals surface area contributed by atoms with E-state index >= 15 is 0 Å². The van der Waals surface area contributed by atoms with E-state index in [9.17, 15) is 9.59 Å². The van der Waals surface area contributed by atoms with Crippen LogP contribution in [0.5, 0.6) is 0 Å². The molecule has 0 amide bonds. The zero-order valence-electron chi connectivity index (χ0n) is 16.5. The predicted octanol–water partition coefficient (Wildman–Crippen LogP) is 2.95. The number of benzene rings is 2. The molecular weight excluding hydrogens is 365 g/mol. The minimum absolute atomic E-state index is 0.135. The lowest BCUT2D eigenvalue weighted by Crippen LogP contribution is -2.62. The van der Waals surface area contributed by atoms with Crippen LogP contribution in [-0.2, 0) is 18.9 Å². The molecule has 6 heteroatoms. The Hall–Kier alpha value is -2.89. The number of hydrogen-bond acceptors (Lipinski definition) is 4. The minimum atomic E-state index is -2.43. The maximum atomic E-state index is 13.2. The van der Waals surface area contributed by atoms with Crippen LogP contribution in [0.25, 0.3) is 0 Å². The highest BCUT2D eigenvalue weighted by molar-refractivity contribution is 6.79. The summed E-state index contributed by atoms with van der Waals surface area (Å²) in [6, 6.07) is 17.6. The van der Waals surface area contributed by atoms with Crippen LogP contribution in [0.2, 0.25) is 0 Å². The van der Waals surface area contributed by atoms with Crippen molar-refractivity contribution in [3.8, 4) is 0 Å². The quantitative estimate of drug-likeness (QED) is 0.742. The molecule has 0 aromatic heterocycles. The van der Waals surface area contributed by atoms with Gasteiger partial charge in [-0.15, -0.1) is 0 Å². The first-order chi connectivity index (χ1) is 14.1. The Kier molecular flexibility index (Phi) is 4.30. The fraction of sp³-hybridized carbons (Fsp3) is 0.348. The average molecular weight is 389 g/mol. The summed E-state index contributed by atoms with van der Waals surface area (Å²) in [6.07, 6.45) is 5.21. The van der Waals surface area contributed by atoms with Gasteiger partial charge in [-0.25, -0.2) is 0 Å². The highest BCUT2D eigenvalue weighted by Crippen LogP contribution is 2.38. The van der Waals surface area contributed by atoms with Gasteiger partial charge in [0, 0.05) is 11.1 Å². The van der Waals surface area contributed by atoms with Gasteiger partial charge in [0.25, 0.3) is 11.9 Å². The molecular formula is C23H24BNO4. The highest BCUT2D eigenvalue weighted by atomic mass is 16.7. The van der Waals surface area contributed by atoms with Gasteiger partial charge in [-0.1, -0.05) is 67.4 Å². The lowest BCUT2D eigenvalue weighted by molar-refractivity contribution is -0.467. The fourth-order valence-electron chi connectivity index (χ4n) is 5.15. The first kappa shape index (κ1) is 18.2. The van der Waals surface area contributed by atoms with E-state index in [0.717, 1.165) is 29.4 Å². The molecule has 1 aliphatic carbocycles. The van der Waals surface area contributed by atoms with Crippen molar-refractivity contribution < 1.29 is 23.4 Å². The van der Waals surface area contributed by atoms with Gasteiger partial charge in [0.05, 0.1) is 11.8 Å². The van der Waals surface area contributed by atoms with Gasteiger partial charge in [-0.3, -0.25) is 9.59 Å². The molecule has 1 saturated carbocycles. The number of hydrogen-bond donors (Lipinski definition) is 0. The number of carbonyl (C=O) groups is 2. The van der Waals surface area contributed by atoms with Gasteiger partial charge in [0.15, 0.2) is 0 Å². The zero-order chi connectivity index (χ0) is 20.0. The molecule has 1 spiro atoms. The second-order valence-corrected chi connectivity index (χ2v) is 8.33. The van der Waals surface area contributed by atoms with Crippen molar-refractivity contribution in [3.05, 3.63) is 65.7 Å². The van der Waals surface area contributed by atoms with Crippen LogP contribution in [0, 0.1) is 11.8 Å². The molecule has 0 N–H and O–H groups in total. The second-order valence-electron chi connectivity index (χ2n) is 8.33. The van der Waals surface area contributed by atoms with Gasteiger partial charge < -0.3 is 13.8 Å². The van der Waals surface area contributed by atoms with Crippen LogP contribution >= 0.6 is 0 Å². The Morgan fingerprint density at radius 2 is 1.48 bits per heavy atom. The molecule has 2 aliphatic heterocycles. The van der Waals surface area contributed by atoms with Crippen molar-refractivity contribution in [2.45, 2.75) is 38.6 Å². The predicted molar refractivity (Wildman–Crippen MR) is 110 cm³/mol. The summed E-state index contributed by atoms with van der Waals surface area (Å²) in [5.41, 5.74) is 2.74. The topological polar surface area (TPSA) is 55.6 Å². The van der Waals surface area contributed by atoms with Crippen LogP contribution in [0.15, 0.2) is 54.6 Å². The maximum absolute atomic E-state index is 13.2. The van der Waals surface area contributed by atoms with E-state index in [1.54, 1.807) is 0 Å². The molecule has 148 valence electrons. The van der Waals surface area contributed by atoms with Crippen LogP contribution in [0.1, 0.15) is 49.8 Å². The molecule has 3 atom stereocenters. The standard InChI is InChI=1S/C23H24BNO4/c1-16(17-9-3-2-4-10-17)25-15-18-11-5-8-14-21(18)24(25)28-22(26)19-12-6-7-13-20(19)23(27)29-24/h2-5,8-11,14-16,19-20H,6-7,12-13H2,1H3/t16?,19-,20-/m1/s1. The molecule has 2 heterocycles. The summed E-state index contributed by atoms with van der Waals surface area (Å²) in [6.45, 7) is -0.390. The Balaban J connectivity index is 1.64. The molecule has 2 fully saturated rings. The van der Waals surface area contributed by atoms with Gasteiger partial charge in [-0.05, 0) is 25.2 Å². The molecule has 3 aliphatic rings. The van der Waals surface area contributed by atoms with Crippen molar-refractivity contribution in [2.75, 3.05) is 0 Å². The second kappa shape index (κ2) is 6.87. The van der Waals surface area contributed by atoms with Crippen molar-refractivity contribution in [2.24, 2.45) is 11.8 Å². The van der Waals surface area contributed by atoms with Crippen molar-refractivity contribution in [3.63, 3.8) is 0 Å². The summed E-state index contributed by atoms with van der Waals surface area (Å²) in [5.74, 6) is -1.43. The first-order valence-corrected chi connectivity index (χ1v) is 10.5. The Morgan fingerprint density at radius 3 is 2.14 bits per heavy atom. The van der Waals surface area contributed by atoms with Crippen LogP contribution in [0.3, 0.4) is 0 Å². The Morgan fingerprint density at radius 1 is 0.897 bits per heavy atom. The fourth-order valence-corrected chi connectivity index (χ4v) is 5.15. The zero-order valence-corrected chi connectivity index (χ0v) is 16.5. The van der Waals surface area contributed by atoms with E-state index in [-0.39, 0.29) is 18.0 Å². The summed E-state index contributed by atoms with van der Waals surface area (Å²) in [4.78, 5) is 26.4. The summed E-state index contributed by atoms with van der Waals surface area (Å²) in [5, 5.41) is 0. The molecule has 1 unspecified atom stereocenters. The molecule has 0 bridgehead atoms. The minimum Gasteiger partial charge on any atom is -0.592 e. The number of fused-ring (bicyclic) bond motifs is 3. The van der Waals surface area contributed by atoms with E-state index in [0.29, 0.717) is 12.8 Å². The third kappa shape index (κ3) is 2.81. The smallest absolute Gasteiger partial charge is 0.592 e. The third-order valence-electron chi connectivity index (χ3n) is 6.72. The number of nitrogens with zero attached hydrogens (tertiary/aromatic N) is 1. The van der Waals surface area contributed by atoms with E-state index in [2.05, 4.69) is 0 Å². The Labute approximate surface area is 170 Å². The van der Waals surface area contributed by atoms with E-state index in [1.165, 1.54) is 0 Å². The molecule has 0 radical (unpaired) electrons. The highest BCUT2D eigenvalue weighted by Gasteiger charge is 2.60. The van der Waals surface area contributed by atoms with E-state index in [1.807, 2.05) is 72.2 Å². The van der Waals surface area contributed by atoms with Crippen molar-refractivity contribution in [1.82, 2.24) is 0 Å². The van der Waals surface area contributed by atoms with Gasteiger partial charge in [0.1, 0.15) is 12.3 Å². The number of carbonyl (C=O) groups excluding carboxylic acids is 2. The van der Waals surface area contributed by atoms with Gasteiger partial charge >= 0.3 is 6.69 Å². The SMILES string of the molecule is CC(c1ccccc1)[N+]1=Cc2ccccc2[B-]12OC(=O)[C@@H]1CCCC[C@H]1C(=O)O2. The van der Waals surface area contributed by atoms with Crippen LogP contribution < -0.4 is 5.46 Å². The summed E-state index contributed by atoms with van der Waals surface area (Å²) in [7, 11) is 0. The lowest BCUT2D eigenvalue weighted by Gasteiger charge is -2.35. The van der Waals surface area contributed by atoms with E-state index in [4.69, 9.17) is 9.31 Å². The lowest BCUT2D eigenvalue weighted by atomic mass is 9.62. The van der Waals surface area contributed by atoms with Crippen molar-refractivity contribution >= 4 is 30.3 Å². The molecule has 5 rings (SSSR count). The first-order valence-electron chi connectivity index (χ1n) is 10.5. The van der Waals surface area contributed by atoms with Gasteiger partial charge in [0.2, 0.25) is 0 Å².